The van der Waals surface area contributed by atoms with Gasteiger partial charge in [0.1, 0.15) is 5.82 Å². The fourth-order valence-electron chi connectivity index (χ4n) is 9.59. The number of hydrogen-bond donors (Lipinski definition) is 0. The van der Waals surface area contributed by atoms with E-state index in [1.54, 1.807) is 0 Å². The molecule has 0 spiro atoms. The van der Waals surface area contributed by atoms with Gasteiger partial charge >= 0.3 is 0 Å². The van der Waals surface area contributed by atoms with Crippen molar-refractivity contribution in [3.63, 3.8) is 0 Å². The van der Waals surface area contributed by atoms with Crippen molar-refractivity contribution in [3.05, 3.63) is 209 Å². The molecule has 68 heavy (non-hydrogen) atoms. The van der Waals surface area contributed by atoms with Crippen LogP contribution in [0.25, 0.3) is 39.0 Å². The van der Waals surface area contributed by atoms with E-state index in [1.165, 1.54) is 27.9 Å². The minimum absolute atomic E-state index is 0. The SMILES string of the molecule is CC(C)(C)c1ccnc(-n2c3[c-]c(Oc4[c-]c(-n5[c-][n+](-c6ccc(C(C)(C)c7ccccc7)cc6)c(C(C)(C)C)c5C(C)(C)C)cc(C(C)(C)c5ccccc5)c4)ccc3c3ccccc32)c1.[Pt]. The quantitative estimate of drug-likeness (QED) is 0.107. The number of para-hydroxylation sites is 1. The van der Waals surface area contributed by atoms with Crippen LogP contribution in [0.15, 0.2) is 152 Å². The molecular weight excluding hydrogens is 1010 g/mol. The first-order chi connectivity index (χ1) is 31.6. The van der Waals surface area contributed by atoms with Gasteiger partial charge in [-0.15, -0.1) is 35.2 Å². The zero-order valence-corrected chi connectivity index (χ0v) is 44.2. The number of benzene rings is 6. The van der Waals surface area contributed by atoms with Crippen molar-refractivity contribution in [3.8, 4) is 28.7 Å². The monoisotopic (exact) mass is 1080 g/mol. The van der Waals surface area contributed by atoms with Gasteiger partial charge in [-0.3, -0.25) is 4.57 Å². The van der Waals surface area contributed by atoms with Crippen molar-refractivity contribution in [1.82, 2.24) is 14.1 Å². The van der Waals surface area contributed by atoms with Crippen molar-refractivity contribution in [2.45, 2.75) is 117 Å². The molecule has 0 amide bonds. The van der Waals surface area contributed by atoms with Gasteiger partial charge in [0.2, 0.25) is 0 Å². The molecule has 0 saturated heterocycles. The summed E-state index contributed by atoms with van der Waals surface area (Å²) in [6.07, 6.45) is 5.81. The van der Waals surface area contributed by atoms with E-state index in [4.69, 9.17) is 9.72 Å². The van der Waals surface area contributed by atoms with E-state index in [9.17, 15) is 0 Å². The molecule has 5 nitrogen and oxygen atoms in total. The number of pyridine rings is 1. The Bertz CT molecular complexity index is 3240. The van der Waals surface area contributed by atoms with Crippen LogP contribution in [0, 0.1) is 18.5 Å². The van der Waals surface area contributed by atoms with Gasteiger partial charge in [-0.1, -0.05) is 187 Å². The summed E-state index contributed by atoms with van der Waals surface area (Å²) in [5, 5.41) is 2.22. The van der Waals surface area contributed by atoms with Crippen LogP contribution in [-0.2, 0) is 48.1 Å². The molecule has 0 aliphatic carbocycles. The topological polar surface area (TPSA) is 35.9 Å². The second kappa shape index (κ2) is 17.8. The van der Waals surface area contributed by atoms with Gasteiger partial charge in [0.25, 0.3) is 6.33 Å². The van der Waals surface area contributed by atoms with Crippen LogP contribution >= 0.6 is 0 Å². The number of nitrogens with zero attached hydrogens (tertiary/aromatic N) is 4. The average Bonchev–Trinajstić information content (AvgIpc) is 3.88. The van der Waals surface area contributed by atoms with Crippen LogP contribution in [0.4, 0.5) is 0 Å². The van der Waals surface area contributed by atoms with Crippen LogP contribution in [0.3, 0.4) is 0 Å². The van der Waals surface area contributed by atoms with Crippen LogP contribution in [0.2, 0.25) is 0 Å². The van der Waals surface area contributed by atoms with Crippen LogP contribution in [0.1, 0.15) is 129 Å². The van der Waals surface area contributed by atoms with Gasteiger partial charge in [0.15, 0.2) is 0 Å². The summed E-state index contributed by atoms with van der Waals surface area (Å²) in [7, 11) is 0. The van der Waals surface area contributed by atoms with E-state index in [1.807, 2.05) is 12.3 Å². The normalized spacial score (nSPS) is 12.7. The number of ether oxygens (including phenoxy) is 1. The third-order valence-electron chi connectivity index (χ3n) is 13.5. The molecule has 0 unspecified atom stereocenters. The van der Waals surface area contributed by atoms with Gasteiger partial charge in [0.05, 0.1) is 17.1 Å². The minimum Gasteiger partial charge on any atom is -0.510 e. The molecule has 0 bridgehead atoms. The fraction of sp³-hybridized carbons (Fsp3) is 0.290. The first-order valence-corrected chi connectivity index (χ1v) is 23.6. The molecule has 0 N–H and O–H groups in total. The summed E-state index contributed by atoms with van der Waals surface area (Å²) >= 11 is 0. The Morgan fingerprint density at radius 2 is 1.09 bits per heavy atom. The van der Waals surface area contributed by atoms with Crippen molar-refractivity contribution < 1.29 is 30.4 Å². The Labute approximate surface area is 419 Å². The van der Waals surface area contributed by atoms with E-state index in [-0.39, 0.29) is 48.1 Å². The molecule has 0 radical (unpaired) electrons. The molecule has 350 valence electrons. The van der Waals surface area contributed by atoms with E-state index in [0.29, 0.717) is 11.5 Å². The first-order valence-electron chi connectivity index (χ1n) is 23.6. The Morgan fingerprint density at radius 3 is 1.69 bits per heavy atom. The van der Waals surface area contributed by atoms with Crippen LogP contribution in [0.5, 0.6) is 11.5 Å². The summed E-state index contributed by atoms with van der Waals surface area (Å²) in [6.45, 7) is 29.6. The number of imidazole rings is 1. The second-order valence-electron chi connectivity index (χ2n) is 22.3. The predicted octanol–water partition coefficient (Wildman–Crippen LogP) is 15.0. The standard InChI is InChI=1S/C62H64N4O.Pt/c1-58(2,3)45-34-35-63-55(38-45)66-53-27-21-20-26-51(53)52-33-32-49(40-54(52)66)67-50-37-46(62(12,13)43-24-18-15-19-25-43)36-48(39-50)65-41-64(56(59(4,5)6)57(65)60(7,8)9)47-30-28-44(29-31-47)61(10,11)42-22-16-14-17-23-42;/h14-38H,1-13H3;/q-2;. The Kier molecular flexibility index (Phi) is 12.7. The summed E-state index contributed by atoms with van der Waals surface area (Å²) in [5.41, 5.74) is 11.2. The molecule has 9 aromatic rings. The second-order valence-corrected chi connectivity index (χ2v) is 22.3. The third kappa shape index (κ3) is 9.03. The molecular formula is C62H64N4OPt-2. The van der Waals surface area contributed by atoms with Crippen molar-refractivity contribution in [2.75, 3.05) is 0 Å². The number of fused-ring (bicyclic) bond motifs is 3. The molecule has 6 aromatic carbocycles. The minimum atomic E-state index is -0.383. The summed E-state index contributed by atoms with van der Waals surface area (Å²) in [5.74, 6) is 2.04. The molecule has 0 aliphatic rings. The van der Waals surface area contributed by atoms with E-state index < -0.39 is 0 Å². The van der Waals surface area contributed by atoms with E-state index in [0.717, 1.165) is 50.3 Å². The predicted molar refractivity (Wildman–Crippen MR) is 276 cm³/mol. The van der Waals surface area contributed by atoms with Gasteiger partial charge < -0.3 is 13.9 Å². The third-order valence-corrected chi connectivity index (χ3v) is 13.5. The van der Waals surface area contributed by atoms with Gasteiger partial charge in [-0.25, -0.2) is 4.98 Å². The average molecular weight is 1080 g/mol. The summed E-state index contributed by atoms with van der Waals surface area (Å²) in [6, 6.07) is 59.4. The summed E-state index contributed by atoms with van der Waals surface area (Å²) < 4.78 is 13.7. The molecule has 0 atom stereocenters. The maximum Gasteiger partial charge on any atom is 0.267 e. The molecule has 3 heterocycles. The summed E-state index contributed by atoms with van der Waals surface area (Å²) in [4.78, 5) is 4.91. The number of aromatic nitrogens is 4. The first kappa shape index (κ1) is 48.4. The van der Waals surface area contributed by atoms with Crippen LogP contribution in [-0.4, -0.2) is 14.1 Å². The van der Waals surface area contributed by atoms with Gasteiger partial charge in [-0.05, 0) is 85.3 Å². The Hall–Kier alpha value is -6.03. The zero-order valence-electron chi connectivity index (χ0n) is 41.9. The maximum atomic E-state index is 7.00. The molecule has 0 aliphatic heterocycles. The van der Waals surface area contributed by atoms with Crippen molar-refractivity contribution in [1.29, 1.82) is 0 Å². The van der Waals surface area contributed by atoms with Crippen molar-refractivity contribution in [2.24, 2.45) is 0 Å². The molecule has 9 rings (SSSR count). The van der Waals surface area contributed by atoms with Crippen molar-refractivity contribution >= 4 is 21.8 Å². The van der Waals surface area contributed by atoms with Gasteiger partial charge in [-0.2, -0.15) is 12.1 Å². The Balaban J connectivity index is 0.00000625. The smallest absolute Gasteiger partial charge is 0.267 e. The van der Waals surface area contributed by atoms with E-state index in [2.05, 4.69) is 262 Å². The molecule has 3 aromatic heterocycles. The Morgan fingerprint density at radius 1 is 0.500 bits per heavy atom. The fourth-order valence-corrected chi connectivity index (χ4v) is 9.59. The number of rotatable bonds is 9. The molecule has 0 fully saturated rings. The molecule has 0 saturated carbocycles. The molecule has 6 heteroatoms. The maximum absolute atomic E-state index is 7.00. The van der Waals surface area contributed by atoms with E-state index >= 15 is 0 Å². The van der Waals surface area contributed by atoms with Crippen LogP contribution < -0.4 is 9.30 Å². The number of hydrogen-bond acceptors (Lipinski definition) is 2. The van der Waals surface area contributed by atoms with Gasteiger partial charge in [0, 0.05) is 49.7 Å². The largest absolute Gasteiger partial charge is 0.510 e. The zero-order chi connectivity index (χ0) is 47.7.